The standard InChI is InChI=1S/C15H16ClFN2O3/c1-8-11(14(20)22-4)13(19(3)15(21)18(8)2)12-9(16)6-5-7-10(12)17/h5-7,13H,1-4H3/t13-/m0/s1. The number of hydrogen-bond acceptors (Lipinski definition) is 3. The molecule has 5 nitrogen and oxygen atoms in total. The third-order valence-electron chi connectivity index (χ3n) is 3.82. The molecule has 1 heterocycles. The van der Waals surface area contributed by atoms with E-state index in [1.54, 1.807) is 6.92 Å². The zero-order valence-corrected chi connectivity index (χ0v) is 13.4. The van der Waals surface area contributed by atoms with Crippen LogP contribution in [0.5, 0.6) is 0 Å². The van der Waals surface area contributed by atoms with E-state index in [0.717, 1.165) is 0 Å². The second kappa shape index (κ2) is 5.96. The number of likely N-dealkylation sites (N-methyl/N-ethyl adjacent to an activating group) is 1. The molecule has 0 saturated heterocycles. The molecule has 1 aromatic rings. The number of ether oxygens (including phenoxy) is 1. The maximum Gasteiger partial charge on any atom is 0.337 e. The van der Waals surface area contributed by atoms with Crippen LogP contribution in [0.4, 0.5) is 9.18 Å². The van der Waals surface area contributed by atoms with E-state index in [1.807, 2.05) is 0 Å². The van der Waals surface area contributed by atoms with Crippen molar-refractivity contribution in [1.29, 1.82) is 0 Å². The largest absolute Gasteiger partial charge is 0.466 e. The van der Waals surface area contributed by atoms with Gasteiger partial charge in [-0.15, -0.1) is 0 Å². The average molecular weight is 327 g/mol. The lowest BCUT2D eigenvalue weighted by atomic mass is 9.93. The molecule has 0 N–H and O–H groups in total. The molecule has 1 aliphatic heterocycles. The fraction of sp³-hybridized carbons (Fsp3) is 0.333. The summed E-state index contributed by atoms with van der Waals surface area (Å²) in [6.07, 6.45) is 0. The number of urea groups is 1. The zero-order chi connectivity index (χ0) is 16.6. The lowest BCUT2D eigenvalue weighted by molar-refractivity contribution is -0.137. The molecule has 0 bridgehead atoms. The van der Waals surface area contributed by atoms with Crippen molar-refractivity contribution >= 4 is 23.6 Å². The van der Waals surface area contributed by atoms with Gasteiger partial charge < -0.3 is 14.5 Å². The summed E-state index contributed by atoms with van der Waals surface area (Å²) in [6.45, 7) is 1.61. The third kappa shape index (κ3) is 2.43. The van der Waals surface area contributed by atoms with Crippen LogP contribution >= 0.6 is 11.6 Å². The number of amides is 2. The highest BCUT2D eigenvalue weighted by Crippen LogP contribution is 2.40. The summed E-state index contributed by atoms with van der Waals surface area (Å²) < 4.78 is 19.1. The molecule has 0 unspecified atom stereocenters. The van der Waals surface area contributed by atoms with Gasteiger partial charge in [-0.2, -0.15) is 0 Å². The quantitative estimate of drug-likeness (QED) is 0.785. The van der Waals surface area contributed by atoms with E-state index in [1.165, 1.54) is 49.2 Å². The summed E-state index contributed by atoms with van der Waals surface area (Å²) in [5, 5.41) is 0.142. The number of carbonyl (C=O) groups excluding carboxylic acids is 2. The summed E-state index contributed by atoms with van der Waals surface area (Å²) in [5.74, 6) is -1.22. The van der Waals surface area contributed by atoms with Crippen LogP contribution in [0.2, 0.25) is 5.02 Å². The topological polar surface area (TPSA) is 49.9 Å². The number of benzene rings is 1. The number of nitrogens with zero attached hydrogens (tertiary/aromatic N) is 2. The minimum atomic E-state index is -0.940. The van der Waals surface area contributed by atoms with Crippen molar-refractivity contribution in [3.63, 3.8) is 0 Å². The van der Waals surface area contributed by atoms with Crippen LogP contribution in [0.3, 0.4) is 0 Å². The van der Waals surface area contributed by atoms with Crippen molar-refractivity contribution in [1.82, 2.24) is 9.80 Å². The molecular formula is C15H16ClFN2O3. The number of rotatable bonds is 2. The first kappa shape index (κ1) is 16.3. The van der Waals surface area contributed by atoms with E-state index in [-0.39, 0.29) is 22.2 Å². The van der Waals surface area contributed by atoms with Gasteiger partial charge in [0.25, 0.3) is 0 Å². The van der Waals surface area contributed by atoms with Crippen molar-refractivity contribution in [2.75, 3.05) is 21.2 Å². The first-order chi connectivity index (χ1) is 10.3. The molecule has 7 heteroatoms. The van der Waals surface area contributed by atoms with E-state index < -0.39 is 17.8 Å². The van der Waals surface area contributed by atoms with Crippen molar-refractivity contribution in [2.45, 2.75) is 13.0 Å². The fourth-order valence-electron chi connectivity index (χ4n) is 2.54. The second-order valence-electron chi connectivity index (χ2n) is 4.98. The Morgan fingerprint density at radius 2 is 2.00 bits per heavy atom. The normalized spacial score (nSPS) is 18.8. The number of halogens is 2. The molecular weight excluding hydrogens is 311 g/mol. The molecule has 1 aromatic carbocycles. The highest BCUT2D eigenvalue weighted by Gasteiger charge is 2.41. The Hall–Kier alpha value is -2.08. The van der Waals surface area contributed by atoms with Gasteiger partial charge in [0.2, 0.25) is 0 Å². The third-order valence-corrected chi connectivity index (χ3v) is 4.15. The molecule has 0 radical (unpaired) electrons. The molecule has 0 saturated carbocycles. The first-order valence-electron chi connectivity index (χ1n) is 6.54. The highest BCUT2D eigenvalue weighted by atomic mass is 35.5. The fourth-order valence-corrected chi connectivity index (χ4v) is 2.81. The van der Waals surface area contributed by atoms with E-state index in [2.05, 4.69) is 0 Å². The lowest BCUT2D eigenvalue weighted by Crippen LogP contribution is -2.47. The molecule has 22 heavy (non-hydrogen) atoms. The Balaban J connectivity index is 2.74. The molecule has 1 atom stereocenters. The van der Waals surface area contributed by atoms with Crippen molar-refractivity contribution in [2.24, 2.45) is 0 Å². The van der Waals surface area contributed by atoms with E-state index in [9.17, 15) is 14.0 Å². The van der Waals surface area contributed by atoms with Crippen LogP contribution in [0, 0.1) is 5.82 Å². The van der Waals surface area contributed by atoms with Crippen LogP contribution in [-0.4, -0.2) is 43.0 Å². The van der Waals surface area contributed by atoms with Gasteiger partial charge in [-0.3, -0.25) is 0 Å². The van der Waals surface area contributed by atoms with Crippen LogP contribution in [0.25, 0.3) is 0 Å². The summed E-state index contributed by atoms with van der Waals surface area (Å²) in [7, 11) is 4.26. The van der Waals surface area contributed by atoms with Crippen LogP contribution in [0.15, 0.2) is 29.5 Å². The summed E-state index contributed by atoms with van der Waals surface area (Å²) in [4.78, 5) is 27.1. The maximum atomic E-state index is 14.3. The predicted molar refractivity (Wildman–Crippen MR) is 79.8 cm³/mol. The first-order valence-corrected chi connectivity index (χ1v) is 6.92. The summed E-state index contributed by atoms with van der Waals surface area (Å²) in [6, 6.07) is 2.91. The molecule has 0 fully saturated rings. The number of esters is 1. The van der Waals surface area contributed by atoms with Crippen molar-refractivity contribution in [3.8, 4) is 0 Å². The SMILES string of the molecule is COC(=O)C1=C(C)N(C)C(=O)N(C)[C@@H]1c1c(F)cccc1Cl. The van der Waals surface area contributed by atoms with Crippen molar-refractivity contribution < 1.29 is 18.7 Å². The van der Waals surface area contributed by atoms with Gasteiger partial charge in [-0.05, 0) is 19.1 Å². The van der Waals surface area contributed by atoms with Gasteiger partial charge >= 0.3 is 12.0 Å². The average Bonchev–Trinajstić information content (AvgIpc) is 2.49. The van der Waals surface area contributed by atoms with Crippen molar-refractivity contribution in [3.05, 3.63) is 45.9 Å². The lowest BCUT2D eigenvalue weighted by Gasteiger charge is -2.39. The Morgan fingerprint density at radius 1 is 1.36 bits per heavy atom. The summed E-state index contributed by atoms with van der Waals surface area (Å²) in [5.41, 5.74) is 0.659. The zero-order valence-electron chi connectivity index (χ0n) is 12.7. The second-order valence-corrected chi connectivity index (χ2v) is 5.39. The van der Waals surface area contributed by atoms with Crippen LogP contribution < -0.4 is 0 Å². The summed E-state index contributed by atoms with van der Waals surface area (Å²) >= 11 is 6.11. The number of hydrogen-bond donors (Lipinski definition) is 0. The number of carbonyl (C=O) groups is 2. The van der Waals surface area contributed by atoms with Crippen LogP contribution in [0.1, 0.15) is 18.5 Å². The minimum Gasteiger partial charge on any atom is -0.466 e. The number of methoxy groups -OCH3 is 1. The van der Waals surface area contributed by atoms with Gasteiger partial charge in [0.15, 0.2) is 0 Å². The van der Waals surface area contributed by atoms with E-state index >= 15 is 0 Å². The Kier molecular flexibility index (Phi) is 4.42. The van der Waals surface area contributed by atoms with Gasteiger partial charge in [-0.1, -0.05) is 17.7 Å². The molecule has 1 aliphatic rings. The Labute approximate surface area is 132 Å². The minimum absolute atomic E-state index is 0.0767. The molecule has 0 aliphatic carbocycles. The van der Waals surface area contributed by atoms with Gasteiger partial charge in [0.05, 0.1) is 18.7 Å². The number of allylic oxidation sites excluding steroid dienone is 1. The Morgan fingerprint density at radius 3 is 2.55 bits per heavy atom. The highest BCUT2D eigenvalue weighted by molar-refractivity contribution is 6.31. The van der Waals surface area contributed by atoms with Gasteiger partial charge in [0.1, 0.15) is 5.82 Å². The molecule has 118 valence electrons. The van der Waals surface area contributed by atoms with E-state index in [4.69, 9.17) is 16.3 Å². The predicted octanol–water partition coefficient (Wildman–Crippen LogP) is 2.96. The van der Waals surface area contributed by atoms with Gasteiger partial charge in [-0.25, -0.2) is 14.0 Å². The molecule has 0 spiro atoms. The monoisotopic (exact) mass is 326 g/mol. The molecule has 2 rings (SSSR count). The smallest absolute Gasteiger partial charge is 0.337 e. The molecule has 0 aromatic heterocycles. The van der Waals surface area contributed by atoms with Crippen LogP contribution in [-0.2, 0) is 9.53 Å². The van der Waals surface area contributed by atoms with E-state index in [0.29, 0.717) is 5.70 Å². The molecule has 2 amide bonds. The van der Waals surface area contributed by atoms with Gasteiger partial charge in [0, 0.05) is 30.4 Å². The maximum absolute atomic E-state index is 14.3. The Bertz CT molecular complexity index is 655.